The molecule has 0 radical (unpaired) electrons. The third-order valence-electron chi connectivity index (χ3n) is 3.84. The van der Waals surface area contributed by atoms with Gasteiger partial charge in [0.1, 0.15) is 17.3 Å². The van der Waals surface area contributed by atoms with E-state index in [1.807, 2.05) is 6.92 Å². The first kappa shape index (κ1) is 15.6. The minimum absolute atomic E-state index is 0.0731. The summed E-state index contributed by atoms with van der Waals surface area (Å²) < 4.78 is 10.9. The average Bonchev–Trinajstić information content (AvgIpc) is 2.80. The highest BCUT2D eigenvalue weighted by atomic mass is 35.5. The van der Waals surface area contributed by atoms with Gasteiger partial charge in [-0.2, -0.15) is 0 Å². The standard InChI is InChI=1S/C17H17ClN2O3/c1-3-23-15-7-5-11(22-2)9-13(15)17(21)12-8-10(18)4-6-14(12)20-16(17)19/h4-9,21H,3H2,1-2H3,(H2,19,20). The van der Waals surface area contributed by atoms with Gasteiger partial charge in [0.15, 0.2) is 5.60 Å². The number of aliphatic imine (C=N–C) groups is 1. The summed E-state index contributed by atoms with van der Waals surface area (Å²) in [5, 5.41) is 11.9. The van der Waals surface area contributed by atoms with E-state index in [9.17, 15) is 5.11 Å². The maximum atomic E-state index is 11.4. The highest BCUT2D eigenvalue weighted by Crippen LogP contribution is 2.46. The van der Waals surface area contributed by atoms with Crippen LogP contribution in [0.15, 0.2) is 41.4 Å². The first-order valence-corrected chi connectivity index (χ1v) is 7.56. The Morgan fingerprint density at radius 3 is 2.70 bits per heavy atom. The zero-order chi connectivity index (χ0) is 16.6. The summed E-state index contributed by atoms with van der Waals surface area (Å²) in [6.45, 7) is 2.32. The Morgan fingerprint density at radius 1 is 1.22 bits per heavy atom. The Bertz CT molecular complexity index is 791. The second-order valence-electron chi connectivity index (χ2n) is 5.16. The lowest BCUT2D eigenvalue weighted by molar-refractivity contribution is 0.152. The number of nitrogens with zero attached hydrogens (tertiary/aromatic N) is 1. The van der Waals surface area contributed by atoms with Gasteiger partial charge in [0, 0.05) is 16.1 Å². The van der Waals surface area contributed by atoms with Crippen LogP contribution < -0.4 is 15.2 Å². The van der Waals surface area contributed by atoms with Crippen molar-refractivity contribution in [3.63, 3.8) is 0 Å². The molecule has 1 unspecified atom stereocenters. The molecule has 23 heavy (non-hydrogen) atoms. The fraction of sp³-hybridized carbons (Fsp3) is 0.235. The van der Waals surface area contributed by atoms with Crippen LogP contribution in [0.1, 0.15) is 18.1 Å². The van der Waals surface area contributed by atoms with Crippen LogP contribution >= 0.6 is 11.6 Å². The van der Waals surface area contributed by atoms with Crippen LogP contribution in [-0.4, -0.2) is 24.7 Å². The fourth-order valence-corrected chi connectivity index (χ4v) is 2.90. The van der Waals surface area contributed by atoms with E-state index in [-0.39, 0.29) is 5.84 Å². The number of methoxy groups -OCH3 is 1. The van der Waals surface area contributed by atoms with E-state index in [4.69, 9.17) is 26.8 Å². The molecule has 120 valence electrons. The number of amidine groups is 1. The molecule has 2 aromatic carbocycles. The van der Waals surface area contributed by atoms with E-state index in [0.717, 1.165) is 0 Å². The third kappa shape index (κ3) is 2.42. The fourth-order valence-electron chi connectivity index (χ4n) is 2.73. The van der Waals surface area contributed by atoms with Crippen molar-refractivity contribution in [1.29, 1.82) is 0 Å². The molecule has 0 bridgehead atoms. The van der Waals surface area contributed by atoms with Gasteiger partial charge in [0.2, 0.25) is 0 Å². The van der Waals surface area contributed by atoms with E-state index in [2.05, 4.69) is 4.99 Å². The highest BCUT2D eigenvalue weighted by Gasteiger charge is 2.44. The summed E-state index contributed by atoms with van der Waals surface area (Å²) in [7, 11) is 1.56. The minimum atomic E-state index is -1.61. The number of rotatable bonds is 4. The zero-order valence-corrected chi connectivity index (χ0v) is 13.6. The van der Waals surface area contributed by atoms with Crippen LogP contribution in [0.2, 0.25) is 5.02 Å². The molecule has 1 heterocycles. The number of nitrogens with two attached hydrogens (primary N) is 1. The summed E-state index contributed by atoms with van der Waals surface area (Å²) in [5.74, 6) is 1.17. The Hall–Kier alpha value is -2.24. The van der Waals surface area contributed by atoms with Crippen LogP contribution in [0.4, 0.5) is 5.69 Å². The third-order valence-corrected chi connectivity index (χ3v) is 4.07. The largest absolute Gasteiger partial charge is 0.497 e. The van der Waals surface area contributed by atoms with Gasteiger partial charge in [0.05, 0.1) is 19.4 Å². The van der Waals surface area contributed by atoms with Gasteiger partial charge < -0.3 is 20.3 Å². The maximum absolute atomic E-state index is 11.4. The molecule has 2 aromatic rings. The first-order chi connectivity index (χ1) is 11.0. The molecular formula is C17H17ClN2O3. The molecule has 3 rings (SSSR count). The number of aliphatic hydroxyl groups is 1. The summed E-state index contributed by atoms with van der Waals surface area (Å²) in [4.78, 5) is 4.27. The molecule has 0 aliphatic carbocycles. The molecule has 0 saturated heterocycles. The van der Waals surface area contributed by atoms with Crippen LogP contribution in [-0.2, 0) is 5.60 Å². The molecule has 0 spiro atoms. The number of ether oxygens (including phenoxy) is 2. The molecule has 5 nitrogen and oxygen atoms in total. The minimum Gasteiger partial charge on any atom is -0.497 e. The van der Waals surface area contributed by atoms with Crippen LogP contribution in [0.5, 0.6) is 11.5 Å². The monoisotopic (exact) mass is 332 g/mol. The van der Waals surface area contributed by atoms with Crippen molar-refractivity contribution in [2.45, 2.75) is 12.5 Å². The number of fused-ring (bicyclic) bond motifs is 1. The van der Waals surface area contributed by atoms with Gasteiger partial charge in [-0.3, -0.25) is 0 Å². The van der Waals surface area contributed by atoms with E-state index in [1.54, 1.807) is 43.5 Å². The summed E-state index contributed by atoms with van der Waals surface area (Å²) in [6.07, 6.45) is 0. The maximum Gasteiger partial charge on any atom is 0.178 e. The van der Waals surface area contributed by atoms with Crippen molar-refractivity contribution in [1.82, 2.24) is 0 Å². The Labute approximate surface area is 139 Å². The van der Waals surface area contributed by atoms with Crippen molar-refractivity contribution < 1.29 is 14.6 Å². The van der Waals surface area contributed by atoms with E-state index >= 15 is 0 Å². The number of hydrogen-bond donors (Lipinski definition) is 2. The molecular weight excluding hydrogens is 316 g/mol. The van der Waals surface area contributed by atoms with E-state index < -0.39 is 5.60 Å². The van der Waals surface area contributed by atoms with Crippen molar-refractivity contribution >= 4 is 23.1 Å². The van der Waals surface area contributed by atoms with Crippen molar-refractivity contribution in [3.05, 3.63) is 52.5 Å². The van der Waals surface area contributed by atoms with Gasteiger partial charge in [-0.1, -0.05) is 11.6 Å². The number of benzene rings is 2. The van der Waals surface area contributed by atoms with Gasteiger partial charge in [-0.15, -0.1) is 0 Å². The van der Waals surface area contributed by atoms with E-state index in [0.29, 0.717) is 39.9 Å². The molecule has 3 N–H and O–H groups in total. The predicted molar refractivity (Wildman–Crippen MR) is 89.9 cm³/mol. The zero-order valence-electron chi connectivity index (χ0n) is 12.8. The topological polar surface area (TPSA) is 77.1 Å². The second kappa shape index (κ2) is 5.76. The lowest BCUT2D eigenvalue weighted by atomic mass is 9.85. The second-order valence-corrected chi connectivity index (χ2v) is 5.60. The molecule has 0 aromatic heterocycles. The van der Waals surface area contributed by atoms with Crippen molar-refractivity contribution in [2.75, 3.05) is 13.7 Å². The summed E-state index contributed by atoms with van der Waals surface area (Å²) in [5.41, 5.74) is 6.03. The van der Waals surface area contributed by atoms with Gasteiger partial charge >= 0.3 is 0 Å². The molecule has 6 heteroatoms. The van der Waals surface area contributed by atoms with Crippen molar-refractivity contribution in [3.8, 4) is 11.5 Å². The van der Waals surface area contributed by atoms with Gasteiger partial charge in [-0.25, -0.2) is 4.99 Å². The molecule has 0 fully saturated rings. The molecule has 1 aliphatic rings. The van der Waals surface area contributed by atoms with Gasteiger partial charge in [-0.05, 0) is 43.3 Å². The first-order valence-electron chi connectivity index (χ1n) is 7.19. The molecule has 1 aliphatic heterocycles. The Kier molecular flexibility index (Phi) is 3.92. The molecule has 0 amide bonds. The quantitative estimate of drug-likeness (QED) is 0.902. The molecule has 1 atom stereocenters. The number of hydrogen-bond acceptors (Lipinski definition) is 5. The van der Waals surface area contributed by atoms with E-state index in [1.165, 1.54) is 0 Å². The summed E-state index contributed by atoms with van der Waals surface area (Å²) in [6, 6.07) is 10.3. The smallest absolute Gasteiger partial charge is 0.178 e. The Morgan fingerprint density at radius 2 is 2.00 bits per heavy atom. The summed E-state index contributed by atoms with van der Waals surface area (Å²) >= 11 is 6.09. The van der Waals surface area contributed by atoms with Crippen LogP contribution in [0.3, 0.4) is 0 Å². The lowest BCUT2D eigenvalue weighted by Gasteiger charge is -2.27. The van der Waals surface area contributed by atoms with Crippen LogP contribution in [0.25, 0.3) is 0 Å². The predicted octanol–water partition coefficient (Wildman–Crippen LogP) is 2.99. The highest BCUT2D eigenvalue weighted by molar-refractivity contribution is 6.30. The van der Waals surface area contributed by atoms with Crippen molar-refractivity contribution in [2.24, 2.45) is 10.7 Å². The average molecular weight is 333 g/mol. The normalized spacial score (nSPS) is 19.2. The SMILES string of the molecule is CCOc1ccc(OC)cc1C1(O)C(N)=Nc2ccc(Cl)cc21. The lowest BCUT2D eigenvalue weighted by Crippen LogP contribution is -2.40. The molecule has 0 saturated carbocycles. The number of halogens is 1. The van der Waals surface area contributed by atoms with Gasteiger partial charge in [0.25, 0.3) is 0 Å². The van der Waals surface area contributed by atoms with Crippen LogP contribution in [0, 0.1) is 0 Å². The Balaban J connectivity index is 2.25.